The first-order valence-electron chi connectivity index (χ1n) is 7.12. The summed E-state index contributed by atoms with van der Waals surface area (Å²) >= 11 is 0. The van der Waals surface area contributed by atoms with Crippen LogP contribution in [0.3, 0.4) is 0 Å². The molecule has 1 saturated heterocycles. The molecule has 0 saturated carbocycles. The SMILES string of the molecule is COC[C@H]1CN(C(=O)c2c(F)cc(C#N)cc2F)CC(C)(C)O1. The summed E-state index contributed by atoms with van der Waals surface area (Å²) in [7, 11) is 1.51. The van der Waals surface area contributed by atoms with Crippen LogP contribution in [0.1, 0.15) is 29.8 Å². The molecular weight excluding hydrogens is 306 g/mol. The van der Waals surface area contributed by atoms with Gasteiger partial charge in [0, 0.05) is 20.2 Å². The monoisotopic (exact) mass is 324 g/mol. The van der Waals surface area contributed by atoms with Gasteiger partial charge in [0.05, 0.1) is 29.9 Å². The maximum Gasteiger partial charge on any atom is 0.260 e. The summed E-state index contributed by atoms with van der Waals surface area (Å²) in [5.41, 5.74) is -1.48. The third-order valence-corrected chi connectivity index (χ3v) is 3.51. The number of carbonyl (C=O) groups is 1. The average Bonchev–Trinajstić information content (AvgIpc) is 2.44. The highest BCUT2D eigenvalue weighted by Gasteiger charge is 2.37. The van der Waals surface area contributed by atoms with E-state index in [-0.39, 0.29) is 31.4 Å². The van der Waals surface area contributed by atoms with Crippen molar-refractivity contribution in [2.75, 3.05) is 26.8 Å². The summed E-state index contributed by atoms with van der Waals surface area (Å²) in [5.74, 6) is -2.85. The molecule has 0 spiro atoms. The van der Waals surface area contributed by atoms with Crippen molar-refractivity contribution in [3.63, 3.8) is 0 Å². The highest BCUT2D eigenvalue weighted by molar-refractivity contribution is 5.95. The molecule has 0 aliphatic carbocycles. The molecule has 1 fully saturated rings. The second-order valence-corrected chi connectivity index (χ2v) is 6.07. The van der Waals surface area contributed by atoms with Crippen molar-refractivity contribution >= 4 is 5.91 Å². The molecule has 1 aliphatic rings. The van der Waals surface area contributed by atoms with Gasteiger partial charge in [-0.15, -0.1) is 0 Å². The van der Waals surface area contributed by atoms with Gasteiger partial charge in [-0.3, -0.25) is 4.79 Å². The van der Waals surface area contributed by atoms with Crippen molar-refractivity contribution in [1.29, 1.82) is 5.26 Å². The number of halogens is 2. The summed E-state index contributed by atoms with van der Waals surface area (Å²) in [6.45, 7) is 4.23. The number of benzene rings is 1. The molecule has 124 valence electrons. The fourth-order valence-electron chi connectivity index (χ4n) is 2.72. The minimum Gasteiger partial charge on any atom is -0.382 e. The molecule has 23 heavy (non-hydrogen) atoms. The van der Waals surface area contributed by atoms with Crippen molar-refractivity contribution in [1.82, 2.24) is 4.90 Å². The van der Waals surface area contributed by atoms with Crippen LogP contribution in [0.4, 0.5) is 8.78 Å². The van der Waals surface area contributed by atoms with Crippen LogP contribution in [0.25, 0.3) is 0 Å². The number of hydrogen-bond acceptors (Lipinski definition) is 4. The predicted molar refractivity (Wildman–Crippen MR) is 77.8 cm³/mol. The zero-order valence-electron chi connectivity index (χ0n) is 13.2. The lowest BCUT2D eigenvalue weighted by Gasteiger charge is -2.42. The van der Waals surface area contributed by atoms with Crippen LogP contribution >= 0.6 is 0 Å². The second-order valence-electron chi connectivity index (χ2n) is 6.07. The van der Waals surface area contributed by atoms with Gasteiger partial charge in [-0.25, -0.2) is 8.78 Å². The van der Waals surface area contributed by atoms with Gasteiger partial charge in [-0.05, 0) is 26.0 Å². The molecule has 1 aromatic rings. The first-order chi connectivity index (χ1) is 10.8. The first-order valence-corrected chi connectivity index (χ1v) is 7.12. The molecule has 0 N–H and O–H groups in total. The number of methoxy groups -OCH3 is 1. The molecule has 7 heteroatoms. The lowest BCUT2D eigenvalue weighted by atomic mass is 10.0. The molecule has 0 aromatic heterocycles. The fourth-order valence-corrected chi connectivity index (χ4v) is 2.72. The lowest BCUT2D eigenvalue weighted by Crippen LogP contribution is -2.55. The van der Waals surface area contributed by atoms with Crippen LogP contribution in [-0.4, -0.2) is 49.3 Å². The van der Waals surface area contributed by atoms with E-state index < -0.39 is 28.7 Å². The molecular formula is C16H18F2N2O3. The van der Waals surface area contributed by atoms with E-state index in [1.54, 1.807) is 19.9 Å². The Morgan fingerprint density at radius 1 is 1.48 bits per heavy atom. The van der Waals surface area contributed by atoms with E-state index in [0.717, 1.165) is 12.1 Å². The van der Waals surface area contributed by atoms with Crippen LogP contribution in [0.5, 0.6) is 0 Å². The number of carbonyl (C=O) groups excluding carboxylic acids is 1. The Bertz CT molecular complexity index is 632. The van der Waals surface area contributed by atoms with Gasteiger partial charge in [0.1, 0.15) is 17.2 Å². The second kappa shape index (κ2) is 6.60. The van der Waals surface area contributed by atoms with Crippen LogP contribution in [0.2, 0.25) is 0 Å². The Labute approximate surface area is 133 Å². The zero-order chi connectivity index (χ0) is 17.2. The Hall–Kier alpha value is -2.04. The quantitative estimate of drug-likeness (QED) is 0.854. The highest BCUT2D eigenvalue weighted by atomic mass is 19.1. The predicted octanol–water partition coefficient (Wildman–Crippen LogP) is 2.10. The van der Waals surface area contributed by atoms with Crippen LogP contribution in [0, 0.1) is 23.0 Å². The largest absolute Gasteiger partial charge is 0.382 e. The summed E-state index contributed by atoms with van der Waals surface area (Å²) in [6, 6.07) is 3.36. The minimum absolute atomic E-state index is 0.170. The van der Waals surface area contributed by atoms with Crippen molar-refractivity contribution in [3.05, 3.63) is 34.9 Å². The first kappa shape index (κ1) is 17.3. The van der Waals surface area contributed by atoms with Crippen molar-refractivity contribution in [2.45, 2.75) is 25.6 Å². The van der Waals surface area contributed by atoms with E-state index in [1.165, 1.54) is 12.0 Å². The molecule has 1 aliphatic heterocycles. The van der Waals surface area contributed by atoms with Crippen LogP contribution < -0.4 is 0 Å². The summed E-state index contributed by atoms with van der Waals surface area (Å²) in [4.78, 5) is 13.9. The third-order valence-electron chi connectivity index (χ3n) is 3.51. The fraction of sp³-hybridized carbons (Fsp3) is 0.500. The van der Waals surface area contributed by atoms with E-state index in [9.17, 15) is 13.6 Å². The highest BCUT2D eigenvalue weighted by Crippen LogP contribution is 2.25. The smallest absolute Gasteiger partial charge is 0.260 e. The summed E-state index contributed by atoms with van der Waals surface area (Å²) in [5, 5.41) is 8.72. The molecule has 1 heterocycles. The molecule has 1 amide bonds. The summed E-state index contributed by atoms with van der Waals surface area (Å²) < 4.78 is 38.9. The molecule has 0 bridgehead atoms. The van der Waals surface area contributed by atoms with E-state index in [1.807, 2.05) is 0 Å². The average molecular weight is 324 g/mol. The standard InChI is InChI=1S/C16H18F2N2O3/c1-16(2)9-20(7-11(23-16)8-22-3)15(21)14-12(17)4-10(6-19)5-13(14)18/h4-5,11H,7-9H2,1-3H3/t11-/m1/s1. The van der Waals surface area contributed by atoms with Gasteiger partial charge in [-0.1, -0.05) is 0 Å². The Morgan fingerprint density at radius 3 is 2.61 bits per heavy atom. The number of hydrogen-bond donors (Lipinski definition) is 0. The van der Waals surface area contributed by atoms with Crippen LogP contribution in [-0.2, 0) is 9.47 Å². The van der Waals surface area contributed by atoms with Gasteiger partial charge in [0.2, 0.25) is 0 Å². The van der Waals surface area contributed by atoms with Gasteiger partial charge in [0.15, 0.2) is 0 Å². The topological polar surface area (TPSA) is 62.6 Å². The molecule has 5 nitrogen and oxygen atoms in total. The zero-order valence-corrected chi connectivity index (χ0v) is 13.2. The van der Waals surface area contributed by atoms with E-state index in [2.05, 4.69) is 0 Å². The maximum atomic E-state index is 14.0. The molecule has 0 radical (unpaired) electrons. The molecule has 1 atom stereocenters. The minimum atomic E-state index is -1.04. The number of ether oxygens (including phenoxy) is 2. The van der Waals surface area contributed by atoms with Crippen molar-refractivity contribution < 1.29 is 23.0 Å². The van der Waals surface area contributed by atoms with Crippen molar-refractivity contribution in [2.24, 2.45) is 0 Å². The van der Waals surface area contributed by atoms with Gasteiger partial charge in [-0.2, -0.15) is 5.26 Å². The van der Waals surface area contributed by atoms with Gasteiger partial charge in [0.25, 0.3) is 5.91 Å². The Kier molecular flexibility index (Phi) is 4.97. The summed E-state index contributed by atoms with van der Waals surface area (Å²) in [6.07, 6.45) is -0.378. The lowest BCUT2D eigenvalue weighted by molar-refractivity contribution is -0.143. The number of nitriles is 1. The third kappa shape index (κ3) is 3.84. The van der Waals surface area contributed by atoms with Gasteiger partial charge >= 0.3 is 0 Å². The maximum absolute atomic E-state index is 14.0. The number of morpholine rings is 1. The number of rotatable bonds is 3. The molecule has 2 rings (SSSR count). The number of nitrogens with zero attached hydrogens (tertiary/aromatic N) is 2. The van der Waals surface area contributed by atoms with E-state index in [4.69, 9.17) is 14.7 Å². The molecule has 1 aromatic carbocycles. The van der Waals surface area contributed by atoms with E-state index >= 15 is 0 Å². The van der Waals surface area contributed by atoms with Crippen LogP contribution in [0.15, 0.2) is 12.1 Å². The Morgan fingerprint density at radius 2 is 2.09 bits per heavy atom. The molecule has 0 unspecified atom stereocenters. The van der Waals surface area contributed by atoms with Gasteiger partial charge < -0.3 is 14.4 Å². The Balaban J connectivity index is 2.31. The number of amides is 1. The normalized spacial score (nSPS) is 20.2. The van der Waals surface area contributed by atoms with Crippen molar-refractivity contribution in [3.8, 4) is 6.07 Å². The van der Waals surface area contributed by atoms with E-state index in [0.29, 0.717) is 0 Å².